The number of hydrogen-bond acceptors (Lipinski definition) is 3. The van der Waals surface area contributed by atoms with Gasteiger partial charge in [-0.25, -0.2) is 4.98 Å². The van der Waals surface area contributed by atoms with Crippen molar-refractivity contribution in [3.63, 3.8) is 0 Å². The van der Waals surface area contributed by atoms with Gasteiger partial charge in [0.15, 0.2) is 0 Å². The molecule has 1 aromatic heterocycles. The van der Waals surface area contributed by atoms with Crippen LogP contribution in [0.5, 0.6) is 0 Å². The molecule has 1 amide bonds. The van der Waals surface area contributed by atoms with E-state index in [1.54, 1.807) is 7.11 Å². The summed E-state index contributed by atoms with van der Waals surface area (Å²) < 4.78 is 7.49. The lowest BCUT2D eigenvalue weighted by atomic mass is 10.1. The third-order valence-electron chi connectivity index (χ3n) is 4.96. The Morgan fingerprint density at radius 2 is 2.13 bits per heavy atom. The molecule has 2 aromatic rings. The number of carbonyl (C=O) groups is 1. The number of imidazole rings is 1. The van der Waals surface area contributed by atoms with Crippen LogP contribution in [0.1, 0.15) is 31.0 Å². The fraction of sp³-hybridized carbons (Fsp3) is 0.556. The zero-order valence-corrected chi connectivity index (χ0v) is 13.6. The monoisotopic (exact) mass is 313 g/mol. The molecule has 2 heterocycles. The molecule has 0 unspecified atom stereocenters. The maximum absolute atomic E-state index is 12.3. The van der Waals surface area contributed by atoms with Gasteiger partial charge in [0.05, 0.1) is 17.6 Å². The molecule has 1 atom stereocenters. The summed E-state index contributed by atoms with van der Waals surface area (Å²) in [6.07, 6.45) is 3.14. The SMILES string of the molecule is COCCn1c([C@H]2CC(=O)N(CC3CC3)C2)nc2ccccc21. The van der Waals surface area contributed by atoms with Gasteiger partial charge in [-0.3, -0.25) is 4.79 Å². The molecule has 0 radical (unpaired) electrons. The van der Waals surface area contributed by atoms with Gasteiger partial charge in [-0.2, -0.15) is 0 Å². The fourth-order valence-electron chi connectivity index (χ4n) is 3.56. The van der Waals surface area contributed by atoms with Gasteiger partial charge in [-0.15, -0.1) is 0 Å². The summed E-state index contributed by atoms with van der Waals surface area (Å²) in [4.78, 5) is 19.2. The van der Waals surface area contributed by atoms with Crippen molar-refractivity contribution in [2.24, 2.45) is 5.92 Å². The van der Waals surface area contributed by atoms with Crippen LogP contribution in [-0.2, 0) is 16.1 Å². The van der Waals surface area contributed by atoms with E-state index in [4.69, 9.17) is 9.72 Å². The highest BCUT2D eigenvalue weighted by Gasteiger charge is 2.36. The first-order valence-corrected chi connectivity index (χ1v) is 8.48. The van der Waals surface area contributed by atoms with Gasteiger partial charge in [0.1, 0.15) is 5.82 Å². The van der Waals surface area contributed by atoms with Gasteiger partial charge >= 0.3 is 0 Å². The fourth-order valence-corrected chi connectivity index (χ4v) is 3.56. The van der Waals surface area contributed by atoms with Crippen molar-refractivity contribution in [1.29, 1.82) is 0 Å². The molecule has 5 heteroatoms. The quantitative estimate of drug-likeness (QED) is 0.823. The number of aromatic nitrogens is 2. The minimum atomic E-state index is 0.200. The zero-order valence-electron chi connectivity index (χ0n) is 13.6. The number of carbonyl (C=O) groups excluding carboxylic acids is 1. The summed E-state index contributed by atoms with van der Waals surface area (Å²) in [7, 11) is 1.72. The Kier molecular flexibility index (Phi) is 3.81. The van der Waals surface area contributed by atoms with Crippen LogP contribution in [0.4, 0.5) is 0 Å². The van der Waals surface area contributed by atoms with Crippen LogP contribution in [0, 0.1) is 5.92 Å². The van der Waals surface area contributed by atoms with E-state index in [1.807, 2.05) is 23.1 Å². The lowest BCUT2D eigenvalue weighted by Gasteiger charge is -2.16. The molecule has 2 fully saturated rings. The van der Waals surface area contributed by atoms with Crippen molar-refractivity contribution < 1.29 is 9.53 Å². The molecule has 0 bridgehead atoms. The Morgan fingerprint density at radius 1 is 1.30 bits per heavy atom. The van der Waals surface area contributed by atoms with Crippen LogP contribution in [0.3, 0.4) is 0 Å². The van der Waals surface area contributed by atoms with E-state index in [9.17, 15) is 4.79 Å². The second kappa shape index (κ2) is 5.96. The molecule has 0 N–H and O–H groups in total. The summed E-state index contributed by atoms with van der Waals surface area (Å²) in [6.45, 7) is 3.18. The molecule has 23 heavy (non-hydrogen) atoms. The first kappa shape index (κ1) is 14.7. The second-order valence-corrected chi connectivity index (χ2v) is 6.75. The summed E-state index contributed by atoms with van der Waals surface area (Å²) in [5.41, 5.74) is 2.14. The number of fused-ring (bicyclic) bond motifs is 1. The van der Waals surface area contributed by atoms with Gasteiger partial charge in [0, 0.05) is 39.1 Å². The number of nitrogens with zero attached hydrogens (tertiary/aromatic N) is 3. The number of methoxy groups -OCH3 is 1. The predicted octanol–water partition coefficient (Wildman–Crippen LogP) is 2.41. The molecule has 1 aromatic carbocycles. The van der Waals surface area contributed by atoms with Crippen LogP contribution >= 0.6 is 0 Å². The molecule has 2 aliphatic rings. The molecular weight excluding hydrogens is 290 g/mol. The van der Waals surface area contributed by atoms with Crippen molar-refractivity contribution in [1.82, 2.24) is 14.5 Å². The smallest absolute Gasteiger partial charge is 0.223 e. The van der Waals surface area contributed by atoms with Gasteiger partial charge in [-0.1, -0.05) is 12.1 Å². The maximum Gasteiger partial charge on any atom is 0.223 e. The predicted molar refractivity (Wildman–Crippen MR) is 88.3 cm³/mol. The van der Waals surface area contributed by atoms with Crippen molar-refractivity contribution in [2.75, 3.05) is 26.8 Å². The number of para-hydroxylation sites is 2. The normalized spacial score (nSPS) is 21.5. The number of rotatable bonds is 6. The number of ether oxygens (including phenoxy) is 1. The summed E-state index contributed by atoms with van der Waals surface area (Å²) >= 11 is 0. The minimum absolute atomic E-state index is 0.200. The molecule has 4 rings (SSSR count). The van der Waals surface area contributed by atoms with Gasteiger partial charge in [-0.05, 0) is 30.9 Å². The zero-order chi connectivity index (χ0) is 15.8. The molecule has 5 nitrogen and oxygen atoms in total. The molecule has 122 valence electrons. The topological polar surface area (TPSA) is 47.4 Å². The third kappa shape index (κ3) is 2.85. The highest BCUT2D eigenvalue weighted by atomic mass is 16.5. The average molecular weight is 313 g/mol. The molecular formula is C18H23N3O2. The molecule has 1 saturated carbocycles. The summed E-state index contributed by atoms with van der Waals surface area (Å²) in [6, 6.07) is 8.19. The van der Waals surface area contributed by atoms with E-state index >= 15 is 0 Å². The first-order chi connectivity index (χ1) is 11.3. The average Bonchev–Trinajstić information content (AvgIpc) is 3.19. The number of likely N-dealkylation sites (tertiary alicyclic amines) is 1. The number of hydrogen-bond donors (Lipinski definition) is 0. The Labute approximate surface area is 136 Å². The summed E-state index contributed by atoms with van der Waals surface area (Å²) in [5.74, 6) is 2.26. The van der Waals surface area contributed by atoms with E-state index in [2.05, 4.69) is 10.6 Å². The van der Waals surface area contributed by atoms with Crippen LogP contribution in [0.2, 0.25) is 0 Å². The van der Waals surface area contributed by atoms with E-state index < -0.39 is 0 Å². The van der Waals surface area contributed by atoms with E-state index in [0.717, 1.165) is 42.4 Å². The van der Waals surface area contributed by atoms with Crippen LogP contribution in [-0.4, -0.2) is 47.2 Å². The van der Waals surface area contributed by atoms with Crippen molar-refractivity contribution in [3.8, 4) is 0 Å². The highest BCUT2D eigenvalue weighted by Crippen LogP contribution is 2.35. The Hall–Kier alpha value is -1.88. The number of amides is 1. The largest absolute Gasteiger partial charge is 0.383 e. The molecule has 1 aliphatic carbocycles. The number of benzene rings is 1. The standard InChI is InChI=1S/C18H23N3O2/c1-23-9-8-21-16-5-3-2-4-15(16)19-18(21)14-10-17(22)20(12-14)11-13-6-7-13/h2-5,13-14H,6-12H2,1H3/t14-/m0/s1. The first-order valence-electron chi connectivity index (χ1n) is 8.48. The van der Waals surface area contributed by atoms with E-state index in [1.165, 1.54) is 12.8 Å². The third-order valence-corrected chi connectivity index (χ3v) is 4.96. The van der Waals surface area contributed by atoms with Crippen LogP contribution < -0.4 is 0 Å². The van der Waals surface area contributed by atoms with Crippen LogP contribution in [0.15, 0.2) is 24.3 Å². The molecule has 1 saturated heterocycles. The Bertz CT molecular complexity index is 720. The Morgan fingerprint density at radius 3 is 2.91 bits per heavy atom. The van der Waals surface area contributed by atoms with Gasteiger partial charge < -0.3 is 14.2 Å². The van der Waals surface area contributed by atoms with Crippen molar-refractivity contribution in [2.45, 2.75) is 31.7 Å². The maximum atomic E-state index is 12.3. The lowest BCUT2D eigenvalue weighted by Crippen LogP contribution is -2.27. The molecule has 0 spiro atoms. The van der Waals surface area contributed by atoms with E-state index in [0.29, 0.717) is 13.0 Å². The van der Waals surface area contributed by atoms with Crippen molar-refractivity contribution in [3.05, 3.63) is 30.1 Å². The lowest BCUT2D eigenvalue weighted by molar-refractivity contribution is -0.127. The van der Waals surface area contributed by atoms with Crippen LogP contribution in [0.25, 0.3) is 11.0 Å². The van der Waals surface area contributed by atoms with Gasteiger partial charge in [0.25, 0.3) is 0 Å². The van der Waals surface area contributed by atoms with Gasteiger partial charge in [0.2, 0.25) is 5.91 Å². The summed E-state index contributed by atoms with van der Waals surface area (Å²) in [5, 5.41) is 0. The Balaban J connectivity index is 1.63. The van der Waals surface area contributed by atoms with Crippen molar-refractivity contribution >= 4 is 16.9 Å². The highest BCUT2D eigenvalue weighted by molar-refractivity contribution is 5.81. The second-order valence-electron chi connectivity index (χ2n) is 6.75. The van der Waals surface area contributed by atoms with E-state index in [-0.39, 0.29) is 11.8 Å². The minimum Gasteiger partial charge on any atom is -0.383 e. The molecule has 1 aliphatic heterocycles.